The topological polar surface area (TPSA) is 698 Å². The van der Waals surface area contributed by atoms with E-state index in [4.69, 9.17) is 37.9 Å². The molecule has 43 nitrogen and oxygen atoms in total. The van der Waals surface area contributed by atoms with Crippen LogP contribution >= 0.6 is 0 Å². The summed E-state index contributed by atoms with van der Waals surface area (Å²) in [6.07, 6.45) is -3.32. The smallest absolute Gasteiger partial charge is 0.481 e. The Kier molecular flexibility index (Phi) is 44.2. The van der Waals surface area contributed by atoms with E-state index < -0.39 is 266 Å². The lowest BCUT2D eigenvalue weighted by Gasteiger charge is -2.32. The molecule has 0 radical (unpaired) electrons. The molecular weight excluding hydrogens is 1520 g/mol. The zero-order valence-electron chi connectivity index (χ0n) is 65.1. The number of carboxylic acid groups (broad SMARTS) is 3. The number of aromatic nitrogens is 2. The van der Waals surface area contributed by atoms with Crippen molar-refractivity contribution >= 4 is 112 Å². The summed E-state index contributed by atoms with van der Waals surface area (Å²) in [6, 6.07) is -17.4. The number of aliphatic hydroxyl groups is 1. The summed E-state index contributed by atoms with van der Waals surface area (Å²) >= 11 is 0. The normalized spacial score (nSPS) is 16.0. The van der Waals surface area contributed by atoms with E-state index in [1.54, 1.807) is 55.4 Å². The predicted molar refractivity (Wildman–Crippen MR) is 393 cm³/mol. The van der Waals surface area contributed by atoms with E-state index in [9.17, 15) is 110 Å². The number of amides is 16. The van der Waals surface area contributed by atoms with Gasteiger partial charge in [-0.2, -0.15) is 13.2 Å². The fourth-order valence-corrected chi connectivity index (χ4v) is 10.8. The summed E-state index contributed by atoms with van der Waals surface area (Å²) in [5, 5.41) is 67.6. The van der Waals surface area contributed by atoms with Gasteiger partial charge in [0, 0.05) is 31.3 Å². The number of alkyl halides is 3. The number of carbonyl (C=O) groups excluding carboxylic acids is 16. The number of aliphatic hydroxyl groups excluding tert-OH is 1. The Bertz CT molecular complexity index is 3500. The van der Waals surface area contributed by atoms with Crippen LogP contribution in [0.4, 0.5) is 13.2 Å². The van der Waals surface area contributed by atoms with Gasteiger partial charge in [0.2, 0.25) is 94.5 Å². The first kappa shape index (κ1) is 101. The average Bonchev–Trinajstić information content (AvgIpc) is 1.59. The summed E-state index contributed by atoms with van der Waals surface area (Å²) < 4.78 is 31.7. The number of H-pyrrole nitrogens is 1. The second-order valence-corrected chi connectivity index (χ2v) is 28.0. The highest BCUT2D eigenvalue weighted by Crippen LogP contribution is 2.22. The lowest BCUT2D eigenvalue weighted by molar-refractivity contribution is -0.192. The minimum atomic E-state index is -5.08. The molecule has 1 aromatic rings. The third kappa shape index (κ3) is 36.1. The number of nitrogens with one attached hydrogen (secondary N) is 14. The van der Waals surface area contributed by atoms with Gasteiger partial charge in [-0.1, -0.05) is 82.1 Å². The quantitative estimate of drug-likeness (QED) is 0.0270. The Balaban J connectivity index is 0.00000883. The van der Waals surface area contributed by atoms with E-state index in [0.717, 1.165) is 0 Å². The molecule has 2 heterocycles. The van der Waals surface area contributed by atoms with Gasteiger partial charge in [-0.3, -0.25) is 81.5 Å². The van der Waals surface area contributed by atoms with Crippen molar-refractivity contribution in [3.63, 3.8) is 0 Å². The number of hydrogen-bond acceptors (Lipinski definition) is 23. The zero-order chi connectivity index (χ0) is 87.2. The highest BCUT2D eigenvalue weighted by Gasteiger charge is 2.43. The third-order valence-corrected chi connectivity index (χ3v) is 17.8. The number of unbranched alkanes of at least 4 members (excludes halogenated alkanes) is 1. The molecule has 1 aromatic heterocycles. The van der Waals surface area contributed by atoms with E-state index in [2.05, 4.69) is 79.1 Å². The van der Waals surface area contributed by atoms with E-state index in [-0.39, 0.29) is 51.6 Å². The number of carboxylic acids is 3. The van der Waals surface area contributed by atoms with Crippen LogP contribution in [-0.4, -0.2) is 266 Å². The molecule has 1 aliphatic rings. The number of aliphatic carboxylic acids is 3. The van der Waals surface area contributed by atoms with Crippen LogP contribution in [0.1, 0.15) is 146 Å². The number of likely N-dealkylation sites (tertiary alicyclic amines) is 1. The Hall–Kier alpha value is -11.2. The zero-order valence-corrected chi connectivity index (χ0v) is 65.1. The van der Waals surface area contributed by atoms with Crippen molar-refractivity contribution in [2.24, 2.45) is 52.5 Å². The summed E-state index contributed by atoms with van der Waals surface area (Å²) in [5.41, 5.74) is 22.5. The van der Waals surface area contributed by atoms with Crippen LogP contribution in [0.5, 0.6) is 0 Å². The molecule has 0 aliphatic carbocycles. The fraction of sp³-hybridized carbons (Fsp3) is 0.676. The first-order chi connectivity index (χ1) is 53.1. The number of primary amides is 2. The van der Waals surface area contributed by atoms with E-state index >= 15 is 0 Å². The molecule has 0 saturated carbocycles. The molecule has 26 N–H and O–H groups in total. The van der Waals surface area contributed by atoms with Crippen molar-refractivity contribution in [3.8, 4) is 0 Å². The molecule has 16 amide bonds. The first-order valence-corrected chi connectivity index (χ1v) is 36.7. The summed E-state index contributed by atoms with van der Waals surface area (Å²) in [6.45, 7) is 13.0. The van der Waals surface area contributed by atoms with Crippen molar-refractivity contribution in [1.82, 2.24) is 84.0 Å². The van der Waals surface area contributed by atoms with Crippen molar-refractivity contribution in [2.45, 2.75) is 225 Å². The molecule has 14 atom stereocenters. The van der Waals surface area contributed by atoms with Crippen LogP contribution in [0.3, 0.4) is 0 Å². The van der Waals surface area contributed by atoms with Crippen LogP contribution in [-0.2, 0) is 97.5 Å². The average molecular weight is 1630 g/mol. The number of imidazole rings is 1. The lowest BCUT2D eigenvalue weighted by atomic mass is 9.96. The Labute approximate surface area is 654 Å². The molecule has 0 unspecified atom stereocenters. The van der Waals surface area contributed by atoms with E-state index in [1.165, 1.54) is 31.3 Å². The van der Waals surface area contributed by atoms with Gasteiger partial charge < -0.3 is 122 Å². The SMILES string of the molecule is CC[C@H](C)[C@H](NC(=O)[C@H](CC(N)=O)NC(=O)[C@@H](N)CC(=O)O)C(=O)N[C@@H](CCCCN)C(=O)N[C@@H](Cc1cnc[nH]1)C(=O)N[C@H](C(=O)N1CCC[C@H]1C(=O)NCC(=O)NCC(=O)NCC(=O)N[C@@H](CO)C(=O)N[C@H](C(=O)N[C@@H](CCC(N)=O)C(=O)N[C@H](C(=O)N[C@H](C(=O)O)C(C)C)[C@@H](C)CC)C(C)C)C(C)C.O=C(O)C(F)(F)F. The Morgan fingerprint density at radius 2 is 0.974 bits per heavy atom. The monoisotopic (exact) mass is 1630 g/mol. The van der Waals surface area contributed by atoms with Crippen molar-refractivity contribution < 1.29 is 125 Å². The van der Waals surface area contributed by atoms with Crippen LogP contribution in [0.15, 0.2) is 12.5 Å². The fourth-order valence-electron chi connectivity index (χ4n) is 10.8. The number of carbonyl (C=O) groups is 19. The maximum absolute atomic E-state index is 14.5. The third-order valence-electron chi connectivity index (χ3n) is 17.8. The maximum atomic E-state index is 14.5. The van der Waals surface area contributed by atoms with Crippen molar-refractivity contribution in [1.29, 1.82) is 0 Å². The molecule has 0 spiro atoms. The molecule has 1 saturated heterocycles. The van der Waals surface area contributed by atoms with Crippen LogP contribution in [0, 0.1) is 29.6 Å². The number of nitrogens with zero attached hydrogens (tertiary/aromatic N) is 2. The van der Waals surface area contributed by atoms with Gasteiger partial charge in [-0.25, -0.2) is 14.6 Å². The highest BCUT2D eigenvalue weighted by atomic mass is 19.4. The van der Waals surface area contributed by atoms with Crippen molar-refractivity contribution in [2.75, 3.05) is 39.3 Å². The molecule has 0 bridgehead atoms. The summed E-state index contributed by atoms with van der Waals surface area (Å²) in [7, 11) is 0. The molecule has 114 heavy (non-hydrogen) atoms. The Morgan fingerprint density at radius 3 is 1.44 bits per heavy atom. The molecule has 1 aliphatic heterocycles. The second-order valence-electron chi connectivity index (χ2n) is 28.0. The summed E-state index contributed by atoms with van der Waals surface area (Å²) in [5.74, 6) is -23.5. The molecule has 46 heteroatoms. The van der Waals surface area contributed by atoms with Gasteiger partial charge in [0.25, 0.3) is 0 Å². The predicted octanol–water partition coefficient (Wildman–Crippen LogP) is -7.02. The van der Waals surface area contributed by atoms with Crippen LogP contribution < -0.4 is 92.1 Å². The first-order valence-electron chi connectivity index (χ1n) is 36.7. The number of rotatable bonds is 49. The van der Waals surface area contributed by atoms with Gasteiger partial charge in [-0.15, -0.1) is 0 Å². The largest absolute Gasteiger partial charge is 0.490 e. The number of aromatic amines is 1. The second kappa shape index (κ2) is 50.0. The van der Waals surface area contributed by atoms with Gasteiger partial charge in [0.15, 0.2) is 0 Å². The molecule has 2 rings (SSSR count). The van der Waals surface area contributed by atoms with Gasteiger partial charge in [-0.05, 0) is 74.7 Å². The lowest BCUT2D eigenvalue weighted by Crippen LogP contribution is -2.61. The molecule has 1 fully saturated rings. The van der Waals surface area contributed by atoms with E-state index in [1.807, 2.05) is 0 Å². The number of nitrogens with two attached hydrogens (primary N) is 4. The molecule has 642 valence electrons. The minimum Gasteiger partial charge on any atom is -0.481 e. The van der Waals surface area contributed by atoms with Crippen molar-refractivity contribution in [3.05, 3.63) is 18.2 Å². The molecule has 0 aromatic carbocycles. The van der Waals surface area contributed by atoms with Gasteiger partial charge in [0.1, 0.15) is 66.5 Å². The minimum absolute atomic E-state index is 0.0416. The summed E-state index contributed by atoms with van der Waals surface area (Å²) in [4.78, 5) is 255. The molecular formula is C68H111F3N20O23. The highest BCUT2D eigenvalue weighted by molar-refractivity contribution is 6.01. The van der Waals surface area contributed by atoms with Gasteiger partial charge in [0.05, 0.1) is 51.5 Å². The van der Waals surface area contributed by atoms with Crippen LogP contribution in [0.2, 0.25) is 0 Å². The Morgan fingerprint density at radius 1 is 0.535 bits per heavy atom. The maximum Gasteiger partial charge on any atom is 0.490 e. The standard InChI is InChI=1S/C66H110N20O21.C2HF3O2/c1-11-34(9)53(85-59(99)41(24-45(70)89)79-55(95)37(68)23-49(93)94)63(103)77-38(16-13-14-20-67)56(96)80-40(22-36-25-71-30-75-36)58(98)82-51(32(5)6)65(105)86-21-15-17-43(86)61(101)74-27-47(91)72-26-46(90)73-28-48(92)76-42(29-87)60(100)81-50(31(3)4)62(102)78-39(18-19-44(69)88)57(97)84-54(35(10)12-2)64(104)83-52(33(7)8)66(106)107;3-2(4,5)1(6)7/h25,30-35,37-43,50-54,87H,11-24,26-29,67-68H2,1-10H3,(H2,69,88)(H2,70,89)(H,71,75)(H,72,91)(H,73,90)(H,74,101)(H,76,92)(H,77,103)(H,78,102)(H,79,95)(H,80,96)(H,81,100)(H,82,98)(H,83,104)(H,84,97)(H,85,99)(H,93,94)(H,106,107);(H,6,7)/t34-,35-,37-,38-,39-,40-,41-,42-,43-,50-,51-,52-,53-,54-;/m0./s1. The van der Waals surface area contributed by atoms with Crippen LogP contribution in [0.25, 0.3) is 0 Å². The van der Waals surface area contributed by atoms with Gasteiger partial charge >= 0.3 is 24.1 Å². The number of hydrogen-bond donors (Lipinski definition) is 22. The number of halogens is 3. The van der Waals surface area contributed by atoms with E-state index in [0.29, 0.717) is 25.0 Å².